The number of phenols is 1. The van der Waals surface area contributed by atoms with E-state index >= 15 is 0 Å². The third kappa shape index (κ3) is 13.5. The van der Waals surface area contributed by atoms with Crippen molar-refractivity contribution in [1.82, 2.24) is 0 Å². The van der Waals surface area contributed by atoms with E-state index in [1.165, 1.54) is 77.0 Å². The number of carbonyl (C=O) groups excluding carboxylic acids is 2. The van der Waals surface area contributed by atoms with Gasteiger partial charge >= 0.3 is 5.97 Å². The standard InChI is InChI=1S/C32H53NO5/c1-2-3-4-16-19-27-21-22-28(26-29(27)34)37-25-18-15-13-11-9-7-5-6-8-10-12-14-17-20-30(35)38-32(23-24-32)31(33)36/h21-22,26,34H,2-20,23-25H2,1H3,(H2,33,36). The van der Waals surface area contributed by atoms with Gasteiger partial charge in [0.05, 0.1) is 6.61 Å². The van der Waals surface area contributed by atoms with Crippen molar-refractivity contribution in [3.05, 3.63) is 23.8 Å². The molecular weight excluding hydrogens is 478 g/mol. The van der Waals surface area contributed by atoms with Gasteiger partial charge < -0.3 is 20.3 Å². The van der Waals surface area contributed by atoms with Crippen molar-refractivity contribution in [2.75, 3.05) is 6.61 Å². The first-order valence-electron chi connectivity index (χ1n) is 15.4. The molecule has 1 aromatic rings. The third-order valence-electron chi connectivity index (χ3n) is 7.61. The lowest BCUT2D eigenvalue weighted by atomic mass is 10.0. The van der Waals surface area contributed by atoms with Crippen LogP contribution in [-0.4, -0.2) is 29.2 Å². The molecule has 6 nitrogen and oxygen atoms in total. The lowest BCUT2D eigenvalue weighted by Gasteiger charge is -2.12. The molecule has 38 heavy (non-hydrogen) atoms. The number of aryl methyl sites for hydroxylation is 1. The van der Waals surface area contributed by atoms with Gasteiger partial charge in [-0.2, -0.15) is 0 Å². The number of nitrogens with two attached hydrogens (primary N) is 1. The van der Waals surface area contributed by atoms with Crippen molar-refractivity contribution in [2.45, 2.75) is 147 Å². The molecule has 0 aromatic heterocycles. The van der Waals surface area contributed by atoms with E-state index in [2.05, 4.69) is 6.92 Å². The quantitative estimate of drug-likeness (QED) is 0.104. The van der Waals surface area contributed by atoms with Gasteiger partial charge in [0, 0.05) is 25.3 Å². The maximum absolute atomic E-state index is 11.8. The summed E-state index contributed by atoms with van der Waals surface area (Å²) in [7, 11) is 0. The summed E-state index contributed by atoms with van der Waals surface area (Å²) in [4.78, 5) is 23.1. The number of primary amides is 1. The largest absolute Gasteiger partial charge is 0.508 e. The SMILES string of the molecule is CCCCCCc1ccc(OCCCCCCCCCCCCCCCC(=O)OC2(C(N)=O)CC2)cc1O. The Kier molecular flexibility index (Phi) is 15.9. The first-order chi connectivity index (χ1) is 18.5. The molecule has 1 aliphatic rings. The summed E-state index contributed by atoms with van der Waals surface area (Å²) in [5.74, 6) is 0.343. The lowest BCUT2D eigenvalue weighted by molar-refractivity contribution is -0.157. The Balaban J connectivity index is 1.32. The van der Waals surface area contributed by atoms with Crippen LogP contribution in [0.1, 0.15) is 141 Å². The molecule has 3 N–H and O–H groups in total. The highest BCUT2D eigenvalue weighted by Crippen LogP contribution is 2.39. The maximum Gasteiger partial charge on any atom is 0.306 e. The second kappa shape index (κ2) is 18.9. The zero-order chi connectivity index (χ0) is 27.5. The van der Waals surface area contributed by atoms with Crippen LogP contribution < -0.4 is 10.5 Å². The van der Waals surface area contributed by atoms with Crippen molar-refractivity contribution in [1.29, 1.82) is 0 Å². The fourth-order valence-electron chi connectivity index (χ4n) is 4.87. The van der Waals surface area contributed by atoms with Crippen LogP contribution in [0.15, 0.2) is 18.2 Å². The first-order valence-corrected chi connectivity index (χ1v) is 15.4. The average molecular weight is 532 g/mol. The molecule has 0 radical (unpaired) electrons. The van der Waals surface area contributed by atoms with Crippen LogP contribution in [0.2, 0.25) is 0 Å². The Morgan fingerprint density at radius 3 is 1.89 bits per heavy atom. The Morgan fingerprint density at radius 1 is 0.816 bits per heavy atom. The normalized spacial score (nSPS) is 13.8. The van der Waals surface area contributed by atoms with Crippen LogP contribution in [0.4, 0.5) is 0 Å². The van der Waals surface area contributed by atoms with Gasteiger partial charge in [0.25, 0.3) is 5.91 Å². The van der Waals surface area contributed by atoms with Crippen LogP contribution in [0.25, 0.3) is 0 Å². The minimum Gasteiger partial charge on any atom is -0.508 e. The van der Waals surface area contributed by atoms with Crippen molar-refractivity contribution in [3.8, 4) is 11.5 Å². The fourth-order valence-corrected chi connectivity index (χ4v) is 4.87. The van der Waals surface area contributed by atoms with Gasteiger partial charge in [-0.3, -0.25) is 9.59 Å². The second-order valence-electron chi connectivity index (χ2n) is 11.1. The van der Waals surface area contributed by atoms with E-state index in [9.17, 15) is 14.7 Å². The van der Waals surface area contributed by atoms with Crippen LogP contribution in [-0.2, 0) is 20.7 Å². The smallest absolute Gasteiger partial charge is 0.306 e. The second-order valence-corrected chi connectivity index (χ2v) is 11.1. The molecular formula is C32H53NO5. The van der Waals surface area contributed by atoms with Gasteiger partial charge in [0.1, 0.15) is 11.5 Å². The highest BCUT2D eigenvalue weighted by Gasteiger charge is 2.52. The van der Waals surface area contributed by atoms with Crippen molar-refractivity contribution >= 4 is 11.9 Å². The molecule has 0 aliphatic heterocycles. The number of hydrogen-bond donors (Lipinski definition) is 2. The van der Waals surface area contributed by atoms with Crippen LogP contribution >= 0.6 is 0 Å². The van der Waals surface area contributed by atoms with Crippen molar-refractivity contribution < 1.29 is 24.2 Å². The number of rotatable bonds is 24. The van der Waals surface area contributed by atoms with Gasteiger partial charge in [-0.25, -0.2) is 0 Å². The molecule has 0 unspecified atom stereocenters. The van der Waals surface area contributed by atoms with Crippen LogP contribution in [0.3, 0.4) is 0 Å². The Bertz CT molecular complexity index is 805. The predicted molar refractivity (Wildman–Crippen MR) is 153 cm³/mol. The molecule has 1 saturated carbocycles. The first kappa shape index (κ1) is 32.0. The Hall–Kier alpha value is -2.24. The lowest BCUT2D eigenvalue weighted by Crippen LogP contribution is -2.35. The molecule has 0 heterocycles. The molecule has 0 bridgehead atoms. The number of carbonyl (C=O) groups is 2. The Morgan fingerprint density at radius 2 is 1.37 bits per heavy atom. The Labute approximate surface area is 231 Å². The summed E-state index contributed by atoms with van der Waals surface area (Å²) < 4.78 is 11.1. The minimum absolute atomic E-state index is 0.285. The molecule has 1 aliphatic carbocycles. The maximum atomic E-state index is 11.8. The molecule has 0 spiro atoms. The highest BCUT2D eigenvalue weighted by molar-refractivity contribution is 5.89. The summed E-state index contributed by atoms with van der Waals surface area (Å²) in [5.41, 5.74) is 5.33. The van der Waals surface area contributed by atoms with Crippen molar-refractivity contribution in [3.63, 3.8) is 0 Å². The van der Waals surface area contributed by atoms with Gasteiger partial charge in [-0.15, -0.1) is 0 Å². The molecule has 2 rings (SSSR count). The number of amides is 1. The number of hydrogen-bond acceptors (Lipinski definition) is 5. The summed E-state index contributed by atoms with van der Waals surface area (Å²) in [6.07, 6.45) is 22.8. The number of phenolic OH excluding ortho intramolecular Hbond substituents is 1. The summed E-state index contributed by atoms with van der Waals surface area (Å²) in [5, 5.41) is 10.2. The molecule has 6 heteroatoms. The summed E-state index contributed by atoms with van der Waals surface area (Å²) in [6.45, 7) is 2.92. The topological polar surface area (TPSA) is 98.9 Å². The van der Waals surface area contributed by atoms with Gasteiger partial charge in [0.15, 0.2) is 5.60 Å². The van der Waals surface area contributed by atoms with Crippen LogP contribution in [0, 0.1) is 0 Å². The summed E-state index contributed by atoms with van der Waals surface area (Å²) in [6, 6.07) is 5.76. The zero-order valence-electron chi connectivity index (χ0n) is 23.9. The van der Waals surface area contributed by atoms with Gasteiger partial charge in [-0.1, -0.05) is 103 Å². The van der Waals surface area contributed by atoms with E-state index in [4.69, 9.17) is 15.2 Å². The average Bonchev–Trinajstić information content (AvgIpc) is 3.68. The number of ether oxygens (including phenoxy) is 2. The third-order valence-corrected chi connectivity index (χ3v) is 7.61. The molecule has 1 amide bonds. The molecule has 1 fully saturated rings. The molecule has 0 atom stereocenters. The van der Waals surface area contributed by atoms with Gasteiger partial charge in [0.2, 0.25) is 0 Å². The number of unbranched alkanes of at least 4 members (excludes halogenated alkanes) is 15. The molecule has 0 saturated heterocycles. The van der Waals surface area contributed by atoms with E-state index < -0.39 is 11.5 Å². The van der Waals surface area contributed by atoms with E-state index in [-0.39, 0.29) is 5.97 Å². The predicted octanol–water partition coefficient (Wildman–Crippen LogP) is 7.92. The van der Waals surface area contributed by atoms with E-state index in [1.807, 2.05) is 12.1 Å². The summed E-state index contributed by atoms with van der Waals surface area (Å²) >= 11 is 0. The zero-order valence-corrected chi connectivity index (χ0v) is 23.9. The monoisotopic (exact) mass is 531 g/mol. The molecule has 1 aromatic carbocycles. The fraction of sp³-hybridized carbons (Fsp3) is 0.750. The number of aromatic hydroxyl groups is 1. The molecule has 216 valence electrons. The highest BCUT2D eigenvalue weighted by atomic mass is 16.6. The van der Waals surface area contributed by atoms with Crippen molar-refractivity contribution in [2.24, 2.45) is 5.73 Å². The van der Waals surface area contributed by atoms with Gasteiger partial charge in [-0.05, 0) is 37.3 Å². The van der Waals surface area contributed by atoms with E-state index in [0.29, 0.717) is 31.6 Å². The minimum atomic E-state index is -0.975. The van der Waals surface area contributed by atoms with Crippen LogP contribution in [0.5, 0.6) is 11.5 Å². The van der Waals surface area contributed by atoms with E-state index in [1.54, 1.807) is 6.07 Å². The van der Waals surface area contributed by atoms with E-state index in [0.717, 1.165) is 49.8 Å². The number of esters is 1. The number of benzene rings is 1.